The minimum atomic E-state index is -0.526. The van der Waals surface area contributed by atoms with Gasteiger partial charge < -0.3 is 10.8 Å². The Labute approximate surface area is 109 Å². The molecule has 1 heterocycles. The highest BCUT2D eigenvalue weighted by Crippen LogP contribution is 2.43. The van der Waals surface area contributed by atoms with Crippen LogP contribution in [-0.2, 0) is 0 Å². The van der Waals surface area contributed by atoms with Gasteiger partial charge in [-0.25, -0.2) is 0 Å². The first-order valence-electron chi connectivity index (χ1n) is 7.07. The lowest BCUT2D eigenvalue weighted by molar-refractivity contribution is 0.00554. The second kappa shape index (κ2) is 6.30. The molecule has 0 aromatic carbocycles. The predicted octanol–water partition coefficient (Wildman–Crippen LogP) is 2.80. The third-order valence-corrected chi connectivity index (χ3v) is 4.30. The summed E-state index contributed by atoms with van der Waals surface area (Å²) in [5.74, 6) is 0. The normalized spacial score (nSPS) is 21.9. The number of hydrogen-bond acceptors (Lipinski definition) is 3. The number of hydrogen-bond donors (Lipinski definition) is 2. The van der Waals surface area contributed by atoms with Crippen LogP contribution in [0.1, 0.15) is 56.7 Å². The molecule has 1 aliphatic carbocycles. The maximum absolute atomic E-state index is 10.7. The van der Waals surface area contributed by atoms with Crippen molar-refractivity contribution in [3.63, 3.8) is 0 Å². The molecule has 1 aromatic heterocycles. The Balaban J connectivity index is 2.18. The van der Waals surface area contributed by atoms with Crippen molar-refractivity contribution in [2.24, 2.45) is 11.1 Å². The third kappa shape index (κ3) is 2.90. The molecule has 1 aromatic rings. The van der Waals surface area contributed by atoms with Crippen LogP contribution < -0.4 is 5.73 Å². The summed E-state index contributed by atoms with van der Waals surface area (Å²) in [7, 11) is 0. The Morgan fingerprint density at radius 2 is 1.83 bits per heavy atom. The van der Waals surface area contributed by atoms with E-state index >= 15 is 0 Å². The number of aliphatic hydroxyl groups is 1. The third-order valence-electron chi connectivity index (χ3n) is 4.30. The Morgan fingerprint density at radius 3 is 2.39 bits per heavy atom. The van der Waals surface area contributed by atoms with Crippen LogP contribution in [0.3, 0.4) is 0 Å². The predicted molar refractivity (Wildman–Crippen MR) is 73.0 cm³/mol. The van der Waals surface area contributed by atoms with E-state index in [1.54, 1.807) is 6.20 Å². The van der Waals surface area contributed by atoms with E-state index in [2.05, 4.69) is 4.98 Å². The molecule has 3 heteroatoms. The fourth-order valence-corrected chi connectivity index (χ4v) is 3.05. The van der Waals surface area contributed by atoms with Crippen LogP contribution >= 0.6 is 0 Å². The monoisotopic (exact) mass is 248 g/mol. The van der Waals surface area contributed by atoms with Crippen LogP contribution in [0.5, 0.6) is 0 Å². The van der Waals surface area contributed by atoms with Gasteiger partial charge in [-0.15, -0.1) is 0 Å². The van der Waals surface area contributed by atoms with Crippen LogP contribution in [0, 0.1) is 5.41 Å². The molecule has 18 heavy (non-hydrogen) atoms. The maximum Gasteiger partial charge on any atom is 0.103 e. The fraction of sp³-hybridized carbons (Fsp3) is 0.667. The number of nitrogens with two attached hydrogens (primary N) is 1. The molecule has 0 amide bonds. The summed E-state index contributed by atoms with van der Waals surface area (Å²) >= 11 is 0. The van der Waals surface area contributed by atoms with Crippen molar-refractivity contribution in [2.45, 2.75) is 51.0 Å². The van der Waals surface area contributed by atoms with Gasteiger partial charge in [-0.3, -0.25) is 4.98 Å². The van der Waals surface area contributed by atoms with Gasteiger partial charge in [-0.05, 0) is 25.0 Å². The highest BCUT2D eigenvalue weighted by Gasteiger charge is 2.37. The van der Waals surface area contributed by atoms with Crippen LogP contribution in [-0.4, -0.2) is 16.6 Å². The summed E-state index contributed by atoms with van der Waals surface area (Å²) < 4.78 is 0. The van der Waals surface area contributed by atoms with E-state index in [0.29, 0.717) is 6.54 Å². The molecule has 2 rings (SSSR count). The van der Waals surface area contributed by atoms with Crippen molar-refractivity contribution in [3.8, 4) is 0 Å². The van der Waals surface area contributed by atoms with Crippen molar-refractivity contribution in [3.05, 3.63) is 30.1 Å². The highest BCUT2D eigenvalue weighted by atomic mass is 16.3. The molecule has 1 aliphatic rings. The molecule has 1 atom stereocenters. The first-order chi connectivity index (χ1) is 8.78. The summed E-state index contributed by atoms with van der Waals surface area (Å²) in [6.07, 6.45) is 9.42. The lowest BCUT2D eigenvalue weighted by Crippen LogP contribution is -2.37. The SMILES string of the molecule is NCC1(C(O)c2ccccn2)CCCCCCC1. The molecule has 3 N–H and O–H groups in total. The van der Waals surface area contributed by atoms with Crippen LogP contribution in [0.25, 0.3) is 0 Å². The minimum absolute atomic E-state index is 0.172. The number of rotatable bonds is 3. The smallest absolute Gasteiger partial charge is 0.103 e. The number of pyridine rings is 1. The van der Waals surface area contributed by atoms with Gasteiger partial charge in [-0.2, -0.15) is 0 Å². The summed E-state index contributed by atoms with van der Waals surface area (Å²) in [5.41, 5.74) is 6.60. The number of nitrogens with zero attached hydrogens (tertiary/aromatic N) is 1. The summed E-state index contributed by atoms with van der Waals surface area (Å²) in [6.45, 7) is 0.546. The molecule has 1 fully saturated rings. The van der Waals surface area contributed by atoms with Crippen molar-refractivity contribution in [2.75, 3.05) is 6.54 Å². The van der Waals surface area contributed by atoms with Gasteiger partial charge in [-0.1, -0.05) is 38.2 Å². The Bertz CT molecular complexity index is 345. The first kappa shape index (κ1) is 13.5. The Hall–Kier alpha value is -0.930. The molecular formula is C15H24N2O. The Morgan fingerprint density at radius 1 is 1.17 bits per heavy atom. The van der Waals surface area contributed by atoms with Crippen molar-refractivity contribution >= 4 is 0 Å². The molecule has 0 saturated heterocycles. The van der Waals surface area contributed by atoms with Crippen LogP contribution in [0.4, 0.5) is 0 Å². The van der Waals surface area contributed by atoms with Crippen molar-refractivity contribution in [1.29, 1.82) is 0 Å². The topological polar surface area (TPSA) is 59.1 Å². The summed E-state index contributed by atoms with van der Waals surface area (Å²) in [6, 6.07) is 5.71. The largest absolute Gasteiger partial charge is 0.386 e. The van der Waals surface area contributed by atoms with Gasteiger partial charge in [0.05, 0.1) is 5.69 Å². The molecular weight excluding hydrogens is 224 g/mol. The highest BCUT2D eigenvalue weighted by molar-refractivity contribution is 5.11. The maximum atomic E-state index is 10.7. The van der Waals surface area contributed by atoms with Crippen molar-refractivity contribution in [1.82, 2.24) is 4.98 Å². The van der Waals surface area contributed by atoms with Gasteiger partial charge in [0, 0.05) is 18.2 Å². The van der Waals surface area contributed by atoms with E-state index in [0.717, 1.165) is 18.5 Å². The average molecular weight is 248 g/mol. The second-order valence-corrected chi connectivity index (χ2v) is 5.49. The zero-order valence-corrected chi connectivity index (χ0v) is 11.0. The van der Waals surface area contributed by atoms with Gasteiger partial charge in [0.2, 0.25) is 0 Å². The zero-order chi connectivity index (χ0) is 12.8. The molecule has 0 radical (unpaired) electrons. The van der Waals surface area contributed by atoms with E-state index in [-0.39, 0.29) is 5.41 Å². The van der Waals surface area contributed by atoms with E-state index in [4.69, 9.17) is 5.73 Å². The summed E-state index contributed by atoms with van der Waals surface area (Å²) in [5, 5.41) is 10.7. The minimum Gasteiger partial charge on any atom is -0.386 e. The van der Waals surface area contributed by atoms with E-state index in [1.165, 1.54) is 32.1 Å². The Kier molecular flexibility index (Phi) is 4.72. The standard InChI is InChI=1S/C15H24N2O/c16-12-15(9-5-2-1-3-6-10-15)14(18)13-8-4-7-11-17-13/h4,7-8,11,14,18H,1-3,5-6,9-10,12,16H2. The number of aliphatic hydroxyl groups excluding tert-OH is 1. The molecule has 0 bridgehead atoms. The molecule has 1 unspecified atom stereocenters. The lowest BCUT2D eigenvalue weighted by atomic mass is 9.71. The molecule has 0 spiro atoms. The molecule has 100 valence electrons. The molecule has 1 saturated carbocycles. The van der Waals surface area contributed by atoms with Crippen LogP contribution in [0.2, 0.25) is 0 Å². The quantitative estimate of drug-likeness (QED) is 0.864. The fourth-order valence-electron chi connectivity index (χ4n) is 3.05. The van der Waals surface area contributed by atoms with Gasteiger partial charge in [0.15, 0.2) is 0 Å². The zero-order valence-electron chi connectivity index (χ0n) is 11.0. The average Bonchev–Trinajstić information content (AvgIpc) is 2.40. The molecule has 0 aliphatic heterocycles. The first-order valence-corrected chi connectivity index (χ1v) is 7.07. The van der Waals surface area contributed by atoms with Gasteiger partial charge >= 0.3 is 0 Å². The summed E-state index contributed by atoms with van der Waals surface area (Å²) in [4.78, 5) is 4.30. The van der Waals surface area contributed by atoms with E-state index in [1.807, 2.05) is 18.2 Å². The van der Waals surface area contributed by atoms with E-state index in [9.17, 15) is 5.11 Å². The number of aromatic nitrogens is 1. The molecule has 3 nitrogen and oxygen atoms in total. The van der Waals surface area contributed by atoms with Gasteiger partial charge in [0.1, 0.15) is 6.10 Å². The van der Waals surface area contributed by atoms with Crippen molar-refractivity contribution < 1.29 is 5.11 Å². The van der Waals surface area contributed by atoms with E-state index < -0.39 is 6.10 Å². The lowest BCUT2D eigenvalue weighted by Gasteiger charge is -2.38. The second-order valence-electron chi connectivity index (χ2n) is 5.49. The van der Waals surface area contributed by atoms with Gasteiger partial charge in [0.25, 0.3) is 0 Å². The van der Waals surface area contributed by atoms with Crippen LogP contribution in [0.15, 0.2) is 24.4 Å².